The van der Waals surface area contributed by atoms with E-state index in [2.05, 4.69) is 20.3 Å². The first-order valence-corrected chi connectivity index (χ1v) is 8.32. The molecule has 7 nitrogen and oxygen atoms in total. The van der Waals surface area contributed by atoms with E-state index in [0.717, 1.165) is 12.1 Å². The van der Waals surface area contributed by atoms with Crippen LogP contribution in [0.3, 0.4) is 0 Å². The van der Waals surface area contributed by atoms with Gasteiger partial charge in [0.05, 0.1) is 36.1 Å². The van der Waals surface area contributed by atoms with Crippen molar-refractivity contribution in [3.8, 4) is 6.07 Å². The predicted molar refractivity (Wildman–Crippen MR) is 96.2 cm³/mol. The molecule has 2 aromatic heterocycles. The van der Waals surface area contributed by atoms with E-state index >= 15 is 0 Å². The fourth-order valence-electron chi connectivity index (χ4n) is 2.85. The predicted octanol–water partition coefficient (Wildman–Crippen LogP) is 2.20. The molecule has 0 saturated heterocycles. The summed E-state index contributed by atoms with van der Waals surface area (Å²) in [6.45, 7) is 3.26. The minimum Gasteiger partial charge on any atom is -0.348 e. The van der Waals surface area contributed by atoms with Gasteiger partial charge in [-0.2, -0.15) is 5.26 Å². The fraction of sp³-hybridized carbons (Fsp3) is 0.211. The highest BCUT2D eigenvalue weighted by molar-refractivity contribution is 5.86. The molecule has 0 bridgehead atoms. The van der Waals surface area contributed by atoms with Crippen molar-refractivity contribution in [1.82, 2.24) is 20.3 Å². The summed E-state index contributed by atoms with van der Waals surface area (Å²) in [6.07, 6.45) is 2.43. The van der Waals surface area contributed by atoms with Crippen molar-refractivity contribution in [2.24, 2.45) is 0 Å². The van der Waals surface area contributed by atoms with Gasteiger partial charge in [0.2, 0.25) is 5.91 Å². The highest BCUT2D eigenvalue weighted by Crippen LogP contribution is 2.21. The molecule has 3 rings (SSSR count). The van der Waals surface area contributed by atoms with Crippen LogP contribution in [-0.4, -0.2) is 20.9 Å². The zero-order chi connectivity index (χ0) is 20.4. The van der Waals surface area contributed by atoms with E-state index in [1.165, 1.54) is 12.4 Å². The van der Waals surface area contributed by atoms with Crippen molar-refractivity contribution in [3.05, 3.63) is 69.0 Å². The van der Waals surface area contributed by atoms with Gasteiger partial charge in [-0.15, -0.1) is 0 Å². The maximum Gasteiger partial charge on any atom is 0.252 e. The smallest absolute Gasteiger partial charge is 0.252 e. The lowest BCUT2D eigenvalue weighted by molar-refractivity contribution is -0.121. The molecule has 0 aliphatic rings. The molecular formula is C19H15F2N5O2. The third kappa shape index (κ3) is 3.71. The summed E-state index contributed by atoms with van der Waals surface area (Å²) in [7, 11) is 0. The third-order valence-corrected chi connectivity index (χ3v) is 4.38. The minimum atomic E-state index is -1.06. The number of amides is 1. The number of aromatic amines is 1. The zero-order valence-corrected chi connectivity index (χ0v) is 15.0. The largest absolute Gasteiger partial charge is 0.348 e. The van der Waals surface area contributed by atoms with Crippen LogP contribution >= 0.6 is 0 Å². The first-order valence-electron chi connectivity index (χ1n) is 8.32. The lowest BCUT2D eigenvalue weighted by atomic mass is 10.0. The molecule has 1 atom stereocenters. The lowest BCUT2D eigenvalue weighted by Crippen LogP contribution is -2.31. The molecule has 0 aliphatic carbocycles. The number of aromatic nitrogens is 3. The number of pyridine rings is 1. The maximum absolute atomic E-state index is 13.6. The van der Waals surface area contributed by atoms with E-state index in [-0.39, 0.29) is 23.2 Å². The van der Waals surface area contributed by atoms with E-state index < -0.39 is 29.1 Å². The highest BCUT2D eigenvalue weighted by Gasteiger charge is 2.17. The van der Waals surface area contributed by atoms with E-state index in [1.807, 2.05) is 6.07 Å². The molecule has 0 unspecified atom stereocenters. The van der Waals surface area contributed by atoms with Gasteiger partial charge >= 0.3 is 0 Å². The Morgan fingerprint density at radius 3 is 2.64 bits per heavy atom. The van der Waals surface area contributed by atoms with E-state index in [1.54, 1.807) is 13.8 Å². The summed E-state index contributed by atoms with van der Waals surface area (Å²) in [5.74, 6) is -2.55. The molecule has 0 saturated carbocycles. The number of nitriles is 1. The van der Waals surface area contributed by atoms with Crippen molar-refractivity contribution in [2.45, 2.75) is 26.3 Å². The van der Waals surface area contributed by atoms with Crippen LogP contribution in [0.25, 0.3) is 10.9 Å². The summed E-state index contributed by atoms with van der Waals surface area (Å²) >= 11 is 0. The molecule has 0 spiro atoms. The van der Waals surface area contributed by atoms with Crippen LogP contribution in [0.1, 0.15) is 35.5 Å². The highest BCUT2D eigenvalue weighted by atomic mass is 19.2. The number of fused-ring (bicyclic) bond motifs is 1. The number of halogens is 2. The van der Waals surface area contributed by atoms with E-state index in [0.29, 0.717) is 16.6 Å². The Labute approximate surface area is 158 Å². The number of rotatable bonds is 4. The molecule has 1 amide bonds. The van der Waals surface area contributed by atoms with Gasteiger partial charge in [0.1, 0.15) is 6.07 Å². The summed E-state index contributed by atoms with van der Waals surface area (Å²) in [5.41, 5.74) is 0.787. The second-order valence-corrected chi connectivity index (χ2v) is 6.27. The second kappa shape index (κ2) is 7.52. The summed E-state index contributed by atoms with van der Waals surface area (Å²) < 4.78 is 26.9. The number of benzene rings is 1. The van der Waals surface area contributed by atoms with Crippen molar-refractivity contribution in [1.29, 1.82) is 5.26 Å². The first kappa shape index (κ1) is 19.1. The minimum absolute atomic E-state index is 0.157. The van der Waals surface area contributed by atoms with Gasteiger partial charge in [-0.1, -0.05) is 0 Å². The van der Waals surface area contributed by atoms with Crippen LogP contribution in [0.4, 0.5) is 8.78 Å². The molecule has 0 fully saturated rings. The Kier molecular flexibility index (Phi) is 5.13. The van der Waals surface area contributed by atoms with Gasteiger partial charge in [0, 0.05) is 17.0 Å². The van der Waals surface area contributed by atoms with Crippen molar-refractivity contribution in [2.75, 3.05) is 0 Å². The van der Waals surface area contributed by atoms with Crippen LogP contribution in [0.15, 0.2) is 29.3 Å². The van der Waals surface area contributed by atoms with Crippen LogP contribution in [0.2, 0.25) is 0 Å². The van der Waals surface area contributed by atoms with Gasteiger partial charge in [0.15, 0.2) is 17.3 Å². The Hall–Kier alpha value is -3.67. The molecule has 0 aliphatic heterocycles. The Balaban J connectivity index is 1.83. The lowest BCUT2D eigenvalue weighted by Gasteiger charge is -2.14. The standard InChI is InChI=1S/C19H15F2N5O2/c1-9-12-3-14(20)15(21)5-16(12)26-19(28)13(9)4-18(27)25-10(2)17-8-23-11(6-22)7-24-17/h3,5,7-8,10H,4H2,1-2H3,(H,25,27)(H,26,28)/t10-/m1/s1. The van der Waals surface area contributed by atoms with E-state index in [4.69, 9.17) is 5.26 Å². The summed E-state index contributed by atoms with van der Waals surface area (Å²) in [4.78, 5) is 35.1. The van der Waals surface area contributed by atoms with Gasteiger partial charge in [-0.25, -0.2) is 13.8 Å². The Morgan fingerprint density at radius 2 is 2.00 bits per heavy atom. The average molecular weight is 383 g/mol. The van der Waals surface area contributed by atoms with Gasteiger partial charge in [-0.05, 0) is 25.5 Å². The van der Waals surface area contributed by atoms with Crippen LogP contribution in [0, 0.1) is 29.9 Å². The molecule has 28 heavy (non-hydrogen) atoms. The van der Waals surface area contributed by atoms with Crippen LogP contribution in [-0.2, 0) is 11.2 Å². The third-order valence-electron chi connectivity index (χ3n) is 4.38. The van der Waals surface area contributed by atoms with Crippen LogP contribution < -0.4 is 10.9 Å². The van der Waals surface area contributed by atoms with Gasteiger partial charge < -0.3 is 10.3 Å². The quantitative estimate of drug-likeness (QED) is 0.717. The van der Waals surface area contributed by atoms with Gasteiger partial charge in [-0.3, -0.25) is 14.6 Å². The molecule has 2 heterocycles. The molecular weight excluding hydrogens is 368 g/mol. The molecule has 9 heteroatoms. The number of hydrogen-bond donors (Lipinski definition) is 2. The number of hydrogen-bond acceptors (Lipinski definition) is 5. The maximum atomic E-state index is 13.6. The number of nitrogens with zero attached hydrogens (tertiary/aromatic N) is 3. The fourth-order valence-corrected chi connectivity index (χ4v) is 2.85. The Morgan fingerprint density at radius 1 is 1.29 bits per heavy atom. The molecule has 1 aromatic carbocycles. The topological polar surface area (TPSA) is 112 Å². The van der Waals surface area contributed by atoms with Crippen molar-refractivity contribution >= 4 is 16.8 Å². The molecule has 2 N–H and O–H groups in total. The van der Waals surface area contributed by atoms with Crippen molar-refractivity contribution < 1.29 is 13.6 Å². The normalized spacial score (nSPS) is 11.8. The molecule has 142 valence electrons. The second-order valence-electron chi connectivity index (χ2n) is 6.27. The number of carbonyl (C=O) groups excluding carboxylic acids is 1. The zero-order valence-electron chi connectivity index (χ0n) is 15.0. The van der Waals surface area contributed by atoms with Crippen LogP contribution in [0.5, 0.6) is 0 Å². The summed E-state index contributed by atoms with van der Waals surface area (Å²) in [6, 6.07) is 3.25. The monoisotopic (exact) mass is 383 g/mol. The SMILES string of the molecule is Cc1c(CC(=O)N[C@H](C)c2cnc(C#N)cn2)c(=O)[nH]c2cc(F)c(F)cc12. The Bertz CT molecular complexity index is 1170. The summed E-state index contributed by atoms with van der Waals surface area (Å²) in [5, 5.41) is 11.8. The number of carbonyl (C=O) groups is 1. The van der Waals surface area contributed by atoms with Gasteiger partial charge in [0.25, 0.3) is 5.56 Å². The molecule has 3 aromatic rings. The first-order chi connectivity index (χ1) is 13.3. The number of H-pyrrole nitrogens is 1. The average Bonchev–Trinajstić information content (AvgIpc) is 2.67. The molecule has 0 radical (unpaired) electrons. The van der Waals surface area contributed by atoms with E-state index in [9.17, 15) is 18.4 Å². The number of nitrogens with one attached hydrogen (secondary N) is 2. The number of aryl methyl sites for hydroxylation is 1. The van der Waals surface area contributed by atoms with Crippen molar-refractivity contribution in [3.63, 3.8) is 0 Å².